The van der Waals surface area contributed by atoms with E-state index >= 15 is 0 Å². The van der Waals surface area contributed by atoms with Crippen molar-refractivity contribution in [2.24, 2.45) is 0 Å². The number of nitrogens with zero attached hydrogens (tertiary/aromatic N) is 4. The minimum atomic E-state index is -0.189. The van der Waals surface area contributed by atoms with E-state index < -0.39 is 0 Å². The van der Waals surface area contributed by atoms with Gasteiger partial charge in [0.25, 0.3) is 0 Å². The van der Waals surface area contributed by atoms with Crippen LogP contribution in [0.3, 0.4) is 0 Å². The summed E-state index contributed by atoms with van der Waals surface area (Å²) >= 11 is 0. The maximum Gasteiger partial charge on any atom is 0.226 e. The molecule has 2 heterocycles. The van der Waals surface area contributed by atoms with Crippen LogP contribution in [-0.4, -0.2) is 30.9 Å². The summed E-state index contributed by atoms with van der Waals surface area (Å²) in [7, 11) is 0. The van der Waals surface area contributed by atoms with Crippen molar-refractivity contribution in [1.82, 2.24) is 30.3 Å². The number of hydrogen-bond acceptors (Lipinski definition) is 4. The third-order valence-corrected chi connectivity index (χ3v) is 3.72. The van der Waals surface area contributed by atoms with Crippen LogP contribution >= 0.6 is 0 Å². The zero-order chi connectivity index (χ0) is 16.2. The second-order valence-electron chi connectivity index (χ2n) is 5.53. The topological polar surface area (TPSA) is 88.5 Å². The minimum Gasteiger partial charge on any atom is -0.346 e. The summed E-state index contributed by atoms with van der Waals surface area (Å²) in [4.78, 5) is 16.6. The summed E-state index contributed by atoms with van der Waals surface area (Å²) in [5.41, 5.74) is 1.69. The highest BCUT2D eigenvalue weighted by molar-refractivity contribution is 5.87. The maximum atomic E-state index is 12.3. The van der Waals surface area contributed by atoms with E-state index in [2.05, 4.69) is 32.5 Å². The first-order valence-corrected chi connectivity index (χ1v) is 7.78. The van der Waals surface area contributed by atoms with Gasteiger partial charge in [0.15, 0.2) is 0 Å². The third kappa shape index (κ3) is 3.23. The van der Waals surface area contributed by atoms with Gasteiger partial charge in [-0.3, -0.25) is 9.89 Å². The average molecular weight is 312 g/mol. The lowest BCUT2D eigenvalue weighted by Crippen LogP contribution is -2.30. The van der Waals surface area contributed by atoms with Gasteiger partial charge < -0.3 is 5.32 Å². The molecule has 7 nitrogen and oxygen atoms in total. The Bertz CT molecular complexity index is 806. The normalized spacial score (nSPS) is 12.4. The number of carbonyl (C=O) groups is 1. The number of fused-ring (bicyclic) bond motifs is 1. The molecule has 0 aliphatic carbocycles. The van der Waals surface area contributed by atoms with E-state index in [0.29, 0.717) is 0 Å². The van der Waals surface area contributed by atoms with Crippen molar-refractivity contribution in [3.63, 3.8) is 0 Å². The van der Waals surface area contributed by atoms with Crippen LogP contribution < -0.4 is 5.32 Å². The van der Waals surface area contributed by atoms with Gasteiger partial charge in [-0.15, -0.1) is 0 Å². The standard InChI is InChI=1S/C16H20N6O/c1-3-8-22-16(17-10-18-22)11(2)19-15(23)9-14-12-6-4-5-7-13(12)20-21-14/h4-7,10-11H,3,8-9H2,1-2H3,(H,19,23)(H,20,21). The highest BCUT2D eigenvalue weighted by Gasteiger charge is 2.17. The Hall–Kier alpha value is -2.70. The van der Waals surface area contributed by atoms with Crippen LogP contribution in [-0.2, 0) is 17.8 Å². The summed E-state index contributed by atoms with van der Waals surface area (Å²) in [6, 6.07) is 7.56. The number of carbonyl (C=O) groups excluding carboxylic acids is 1. The predicted molar refractivity (Wildman–Crippen MR) is 86.7 cm³/mol. The van der Waals surface area contributed by atoms with Gasteiger partial charge >= 0.3 is 0 Å². The molecule has 1 unspecified atom stereocenters. The first-order valence-electron chi connectivity index (χ1n) is 7.78. The molecule has 23 heavy (non-hydrogen) atoms. The van der Waals surface area contributed by atoms with Crippen LogP contribution in [0.5, 0.6) is 0 Å². The van der Waals surface area contributed by atoms with E-state index in [0.717, 1.165) is 35.4 Å². The van der Waals surface area contributed by atoms with E-state index in [1.54, 1.807) is 0 Å². The molecular formula is C16H20N6O. The van der Waals surface area contributed by atoms with Crippen molar-refractivity contribution < 1.29 is 4.79 Å². The van der Waals surface area contributed by atoms with E-state index in [4.69, 9.17) is 0 Å². The molecule has 0 aliphatic heterocycles. The average Bonchev–Trinajstić information content (AvgIpc) is 3.15. The first kappa shape index (κ1) is 15.2. The molecule has 7 heteroatoms. The Morgan fingerprint density at radius 1 is 1.39 bits per heavy atom. The highest BCUT2D eigenvalue weighted by atomic mass is 16.1. The zero-order valence-corrected chi connectivity index (χ0v) is 13.3. The van der Waals surface area contributed by atoms with Gasteiger partial charge in [-0.2, -0.15) is 10.2 Å². The number of aryl methyl sites for hydroxylation is 1. The molecule has 0 aliphatic rings. The molecule has 0 spiro atoms. The molecule has 120 valence electrons. The minimum absolute atomic E-state index is 0.0713. The molecule has 0 fully saturated rings. The van der Waals surface area contributed by atoms with Crippen molar-refractivity contribution in [1.29, 1.82) is 0 Å². The molecule has 0 radical (unpaired) electrons. The molecule has 0 saturated heterocycles. The fourth-order valence-corrected chi connectivity index (χ4v) is 2.66. The lowest BCUT2D eigenvalue weighted by atomic mass is 10.1. The molecule has 2 aromatic heterocycles. The van der Waals surface area contributed by atoms with Gasteiger partial charge in [-0.05, 0) is 19.4 Å². The van der Waals surface area contributed by atoms with Crippen LogP contribution in [0, 0.1) is 0 Å². The molecule has 1 aromatic carbocycles. The zero-order valence-electron chi connectivity index (χ0n) is 13.3. The number of rotatable bonds is 6. The van der Waals surface area contributed by atoms with Crippen molar-refractivity contribution in [3.05, 3.63) is 42.1 Å². The monoisotopic (exact) mass is 312 g/mol. The summed E-state index contributed by atoms with van der Waals surface area (Å²) in [5, 5.41) is 15.3. The quantitative estimate of drug-likeness (QED) is 0.728. The lowest BCUT2D eigenvalue weighted by molar-refractivity contribution is -0.121. The number of hydrogen-bond donors (Lipinski definition) is 2. The number of amides is 1. The number of nitrogens with one attached hydrogen (secondary N) is 2. The smallest absolute Gasteiger partial charge is 0.226 e. The summed E-state index contributed by atoms with van der Waals surface area (Å²) in [6.07, 6.45) is 2.75. The number of H-pyrrole nitrogens is 1. The van der Waals surface area contributed by atoms with Crippen molar-refractivity contribution in [3.8, 4) is 0 Å². The second kappa shape index (κ2) is 6.60. The van der Waals surface area contributed by atoms with Gasteiger partial charge in [0.05, 0.1) is 23.7 Å². The van der Waals surface area contributed by atoms with Crippen LogP contribution in [0.25, 0.3) is 10.9 Å². The predicted octanol–water partition coefficient (Wildman–Crippen LogP) is 1.98. The highest BCUT2D eigenvalue weighted by Crippen LogP contribution is 2.16. The Morgan fingerprint density at radius 2 is 2.22 bits per heavy atom. The summed E-state index contributed by atoms with van der Waals surface area (Å²) < 4.78 is 1.83. The Kier molecular flexibility index (Phi) is 4.36. The molecule has 2 N–H and O–H groups in total. The summed E-state index contributed by atoms with van der Waals surface area (Å²) in [5.74, 6) is 0.702. The Morgan fingerprint density at radius 3 is 3.04 bits per heavy atom. The molecule has 3 aromatic rings. The first-order chi connectivity index (χ1) is 11.2. The van der Waals surface area contributed by atoms with Gasteiger partial charge in [0.1, 0.15) is 12.2 Å². The second-order valence-corrected chi connectivity index (χ2v) is 5.53. The number of benzene rings is 1. The van der Waals surface area contributed by atoms with Crippen LogP contribution in [0.2, 0.25) is 0 Å². The van der Waals surface area contributed by atoms with Crippen molar-refractivity contribution >= 4 is 16.8 Å². The van der Waals surface area contributed by atoms with Crippen LogP contribution in [0.15, 0.2) is 30.6 Å². The van der Waals surface area contributed by atoms with Crippen LogP contribution in [0.1, 0.15) is 37.8 Å². The fourth-order valence-electron chi connectivity index (χ4n) is 2.66. The molecule has 0 bridgehead atoms. The maximum absolute atomic E-state index is 12.3. The van der Waals surface area contributed by atoms with Gasteiger partial charge in [0.2, 0.25) is 5.91 Å². The molecular weight excluding hydrogens is 292 g/mol. The SMILES string of the molecule is CCCn1ncnc1C(C)NC(=O)Cc1[nH]nc2ccccc12. The van der Waals surface area contributed by atoms with Crippen molar-refractivity contribution in [2.45, 2.75) is 39.3 Å². The van der Waals surface area contributed by atoms with Gasteiger partial charge in [-0.1, -0.05) is 25.1 Å². The Labute approximate surface area is 134 Å². The van der Waals surface area contributed by atoms with E-state index in [1.165, 1.54) is 6.33 Å². The third-order valence-electron chi connectivity index (χ3n) is 3.72. The van der Waals surface area contributed by atoms with Gasteiger partial charge in [0, 0.05) is 11.9 Å². The number of aromatic amines is 1. The van der Waals surface area contributed by atoms with Crippen LogP contribution in [0.4, 0.5) is 0 Å². The molecule has 0 saturated carbocycles. The Balaban J connectivity index is 1.68. The molecule has 1 amide bonds. The fraction of sp³-hybridized carbons (Fsp3) is 0.375. The van der Waals surface area contributed by atoms with E-state index in [1.807, 2.05) is 35.9 Å². The molecule has 3 rings (SSSR count). The lowest BCUT2D eigenvalue weighted by Gasteiger charge is -2.14. The van der Waals surface area contributed by atoms with Gasteiger partial charge in [-0.25, -0.2) is 9.67 Å². The molecule has 1 atom stereocenters. The van der Waals surface area contributed by atoms with Crippen molar-refractivity contribution in [2.75, 3.05) is 0 Å². The van der Waals surface area contributed by atoms with E-state index in [-0.39, 0.29) is 18.4 Å². The number of aromatic nitrogens is 5. The summed E-state index contributed by atoms with van der Waals surface area (Å²) in [6.45, 7) is 4.79. The number of para-hydroxylation sites is 1. The van der Waals surface area contributed by atoms with E-state index in [9.17, 15) is 4.79 Å². The largest absolute Gasteiger partial charge is 0.346 e.